The molecule has 20 heavy (non-hydrogen) atoms. The number of hydrogen-bond donors (Lipinski definition) is 0. The van der Waals surface area contributed by atoms with Gasteiger partial charge >= 0.3 is 0 Å². The van der Waals surface area contributed by atoms with Gasteiger partial charge in [0.15, 0.2) is 0 Å². The van der Waals surface area contributed by atoms with Crippen LogP contribution in [0.4, 0.5) is 0 Å². The van der Waals surface area contributed by atoms with Crippen LogP contribution in [0.2, 0.25) is 0 Å². The van der Waals surface area contributed by atoms with Crippen molar-refractivity contribution in [1.29, 1.82) is 0 Å². The molecule has 2 nitrogen and oxygen atoms in total. The molecule has 94 valence electrons. The molecule has 0 aliphatic heterocycles. The second kappa shape index (κ2) is 7.81. The van der Waals surface area contributed by atoms with E-state index >= 15 is 0 Å². The number of nitrogens with zero attached hydrogens (tertiary/aromatic N) is 2. The minimum absolute atomic E-state index is 0. The first-order valence-electron chi connectivity index (χ1n) is 5.67. The van der Waals surface area contributed by atoms with Crippen molar-refractivity contribution in [3.63, 3.8) is 0 Å². The van der Waals surface area contributed by atoms with E-state index in [-0.39, 0.29) is 51.3 Å². The van der Waals surface area contributed by atoms with Crippen LogP contribution in [0.15, 0.2) is 42.7 Å². The van der Waals surface area contributed by atoms with E-state index in [1.807, 2.05) is 47.9 Å². The summed E-state index contributed by atoms with van der Waals surface area (Å²) >= 11 is 0. The van der Waals surface area contributed by atoms with E-state index in [2.05, 4.69) is 29.0 Å². The van der Waals surface area contributed by atoms with E-state index in [1.54, 1.807) is 6.20 Å². The molecule has 0 atom stereocenters. The van der Waals surface area contributed by atoms with Gasteiger partial charge in [0.1, 0.15) is 11.3 Å². The third-order valence-corrected chi connectivity index (χ3v) is 2.70. The molecule has 0 aliphatic rings. The molecule has 2 aromatic heterocycles. The Kier molecular flexibility index (Phi) is 6.72. The zero-order chi connectivity index (χ0) is 12.4. The summed E-state index contributed by atoms with van der Waals surface area (Å²) < 4.78 is 2.00. The van der Waals surface area contributed by atoms with E-state index in [0.717, 1.165) is 22.5 Å². The largest absolute Gasteiger partial charge is 0.294 e. The van der Waals surface area contributed by atoms with Gasteiger partial charge in [0.05, 0.1) is 6.20 Å². The maximum Gasteiger partial charge on any atom is 0.140 e. The Morgan fingerprint density at radius 3 is 2.85 bits per heavy atom. The number of aryl methyl sites for hydroxylation is 1. The molecule has 0 spiro atoms. The van der Waals surface area contributed by atoms with E-state index in [0.29, 0.717) is 0 Å². The monoisotopic (exact) mass is 370 g/mol. The number of fused-ring (bicyclic) bond motifs is 1. The third-order valence-electron chi connectivity index (χ3n) is 2.70. The van der Waals surface area contributed by atoms with Crippen molar-refractivity contribution in [2.24, 2.45) is 0 Å². The smallest absolute Gasteiger partial charge is 0.140 e. The summed E-state index contributed by atoms with van der Waals surface area (Å²) in [6, 6.07) is 15.5. The van der Waals surface area contributed by atoms with Gasteiger partial charge in [-0.25, -0.2) is 10.5 Å². The van der Waals surface area contributed by atoms with Crippen LogP contribution in [0, 0.1) is 30.9 Å². The Morgan fingerprint density at radius 1 is 1.25 bits per heavy atom. The first kappa shape index (κ1) is 17.2. The zero-order valence-corrected chi connectivity index (χ0v) is 15.2. The van der Waals surface area contributed by atoms with Crippen LogP contribution >= 0.6 is 0 Å². The van der Waals surface area contributed by atoms with Gasteiger partial charge < -0.3 is 0 Å². The minimum atomic E-state index is 0. The molecule has 3 aromatic rings. The number of aromatic nitrogens is 2. The number of rotatable bonds is 0. The summed E-state index contributed by atoms with van der Waals surface area (Å²) in [5.41, 5.74) is 3.81. The Bertz CT molecular complexity index is 754. The van der Waals surface area contributed by atoms with Crippen LogP contribution in [-0.4, -0.2) is 9.38 Å². The summed E-state index contributed by atoms with van der Waals surface area (Å²) in [6.07, 6.45) is 3.77. The molecule has 1 aromatic carbocycles. The van der Waals surface area contributed by atoms with E-state index in [9.17, 15) is 0 Å². The van der Waals surface area contributed by atoms with Crippen molar-refractivity contribution in [3.05, 3.63) is 71.7 Å². The Balaban J connectivity index is 0.000001000. The Morgan fingerprint density at radius 2 is 2.10 bits per heavy atom. The molecule has 0 saturated carbocycles. The van der Waals surface area contributed by atoms with Gasteiger partial charge in [-0.3, -0.25) is 40.7 Å². The van der Waals surface area contributed by atoms with Gasteiger partial charge in [-0.15, -0.1) is 5.92 Å². The summed E-state index contributed by atoms with van der Waals surface area (Å²) in [7, 11) is 0. The second-order valence-corrected chi connectivity index (χ2v) is 3.98. The average Bonchev–Trinajstić information content (AvgIpc) is 2.82. The van der Waals surface area contributed by atoms with Gasteiger partial charge in [0, 0.05) is 57.5 Å². The van der Waals surface area contributed by atoms with Crippen molar-refractivity contribution in [2.45, 2.75) is 6.92 Å². The Hall–Kier alpha value is -0.842. The quantitative estimate of drug-likeness (QED) is 0.440. The van der Waals surface area contributed by atoms with Crippen LogP contribution in [0.3, 0.4) is 0 Å². The van der Waals surface area contributed by atoms with Crippen LogP contribution in [0.5, 0.6) is 0 Å². The van der Waals surface area contributed by atoms with Gasteiger partial charge in [0.2, 0.25) is 0 Å². The van der Waals surface area contributed by atoms with Gasteiger partial charge in [-0.1, -0.05) is 6.07 Å². The van der Waals surface area contributed by atoms with E-state index < -0.39 is 0 Å². The molecule has 2 heterocycles. The van der Waals surface area contributed by atoms with Crippen molar-refractivity contribution < 1.29 is 51.3 Å². The van der Waals surface area contributed by atoms with Crippen LogP contribution in [0.25, 0.3) is 5.65 Å². The fraction of sp³-hybridized carbons (Fsp3) is 0.0625. The molecule has 0 bridgehead atoms. The molecule has 2 radical (unpaired) electrons. The molecule has 0 aliphatic carbocycles. The average molecular weight is 370 g/mol. The number of benzene rings is 1. The van der Waals surface area contributed by atoms with Gasteiger partial charge in [-0.05, 0) is 18.6 Å². The van der Waals surface area contributed by atoms with Crippen molar-refractivity contribution in [3.8, 4) is 11.8 Å². The van der Waals surface area contributed by atoms with Gasteiger partial charge in [0.25, 0.3) is 0 Å². The predicted octanol–water partition coefficient (Wildman–Crippen LogP) is 2.64. The maximum absolute atomic E-state index is 4.37. The van der Waals surface area contributed by atoms with Crippen LogP contribution in [-0.2, 0) is 51.3 Å². The third kappa shape index (κ3) is 3.62. The maximum atomic E-state index is 4.37. The molecular formula is C16H10N2VY-2. The summed E-state index contributed by atoms with van der Waals surface area (Å²) in [6.45, 7) is 2.04. The molecule has 0 amide bonds. The standard InChI is InChI=1S/C16H10N2.V.Y/c1-13-6-5-11-18-15(12-17-16(13)18)10-9-14-7-3-2-4-8-14;;/h2-3,5-6,8,11-12H,1H3;;/q-2;;. The zero-order valence-electron chi connectivity index (χ0n) is 11.0. The van der Waals surface area contributed by atoms with E-state index in [4.69, 9.17) is 0 Å². The molecule has 0 unspecified atom stereocenters. The Labute approximate surface area is 155 Å². The second-order valence-electron chi connectivity index (χ2n) is 3.98. The van der Waals surface area contributed by atoms with Crippen LogP contribution in [0.1, 0.15) is 16.8 Å². The number of imidazole rings is 1. The SMILES string of the molecule is Cc1cccn2c(C#Cc3[c-]cc[c-]c3)cnc12.[V].[Y]. The molecule has 0 fully saturated rings. The number of pyridine rings is 1. The minimum Gasteiger partial charge on any atom is -0.294 e. The van der Waals surface area contributed by atoms with E-state index in [1.165, 1.54) is 0 Å². The molecule has 0 N–H and O–H groups in total. The first-order chi connectivity index (χ1) is 8.84. The predicted molar refractivity (Wildman–Crippen MR) is 70.0 cm³/mol. The van der Waals surface area contributed by atoms with Crippen molar-refractivity contribution in [1.82, 2.24) is 9.38 Å². The summed E-state index contributed by atoms with van der Waals surface area (Å²) in [5, 5.41) is 0. The summed E-state index contributed by atoms with van der Waals surface area (Å²) in [4.78, 5) is 4.37. The first-order valence-corrected chi connectivity index (χ1v) is 5.67. The normalized spacial score (nSPS) is 9.05. The number of hydrogen-bond acceptors (Lipinski definition) is 1. The molecule has 0 saturated heterocycles. The van der Waals surface area contributed by atoms with Crippen molar-refractivity contribution >= 4 is 5.65 Å². The fourth-order valence-corrected chi connectivity index (χ4v) is 1.80. The fourth-order valence-electron chi connectivity index (χ4n) is 1.80. The van der Waals surface area contributed by atoms with Crippen molar-refractivity contribution in [2.75, 3.05) is 0 Å². The molecular weight excluding hydrogens is 360 g/mol. The topological polar surface area (TPSA) is 17.3 Å². The molecule has 3 rings (SSSR count). The molecule has 4 heteroatoms. The van der Waals surface area contributed by atoms with Crippen LogP contribution < -0.4 is 0 Å². The summed E-state index contributed by atoms with van der Waals surface area (Å²) in [5.74, 6) is 6.17. The van der Waals surface area contributed by atoms with Gasteiger partial charge in [-0.2, -0.15) is 0 Å².